The first-order valence-electron chi connectivity index (χ1n) is 7.70. The van der Waals surface area contributed by atoms with E-state index in [0.29, 0.717) is 12.3 Å². The van der Waals surface area contributed by atoms with Gasteiger partial charge in [-0.3, -0.25) is 9.59 Å². The molecule has 19 heavy (non-hydrogen) atoms. The average molecular weight is 269 g/mol. The van der Waals surface area contributed by atoms with Crippen LogP contribution in [0.4, 0.5) is 0 Å². The molecule has 4 heteroatoms. The fraction of sp³-hybridized carbons (Fsp3) is 0.867. The number of nitrogens with zero attached hydrogens (tertiary/aromatic N) is 1. The van der Waals surface area contributed by atoms with E-state index in [1.807, 2.05) is 4.90 Å². The average Bonchev–Trinajstić information content (AvgIpc) is 2.77. The fourth-order valence-electron chi connectivity index (χ4n) is 2.58. The molecule has 4 nitrogen and oxygen atoms in total. The molecule has 1 saturated heterocycles. The van der Waals surface area contributed by atoms with Gasteiger partial charge in [0.1, 0.15) is 0 Å². The molecule has 1 rings (SSSR count). The van der Waals surface area contributed by atoms with Crippen molar-refractivity contribution in [3.05, 3.63) is 0 Å². The minimum atomic E-state index is -0.684. The molecule has 0 spiro atoms. The second-order valence-corrected chi connectivity index (χ2v) is 5.46. The van der Waals surface area contributed by atoms with E-state index in [1.165, 1.54) is 25.7 Å². The number of aliphatic carboxylic acids is 1. The Morgan fingerprint density at radius 1 is 1.00 bits per heavy atom. The summed E-state index contributed by atoms with van der Waals surface area (Å²) in [6.07, 6.45) is 11.1. The third-order valence-corrected chi connectivity index (χ3v) is 3.74. The summed E-state index contributed by atoms with van der Waals surface area (Å²) in [5, 5.41) is 8.49. The van der Waals surface area contributed by atoms with Crippen LogP contribution in [0.15, 0.2) is 0 Å². The lowest BCUT2D eigenvalue weighted by Crippen LogP contribution is -2.25. The van der Waals surface area contributed by atoms with Crippen molar-refractivity contribution in [1.29, 1.82) is 0 Å². The van der Waals surface area contributed by atoms with Crippen molar-refractivity contribution in [2.45, 2.75) is 70.6 Å². The Morgan fingerprint density at radius 3 is 2.11 bits per heavy atom. The predicted molar refractivity (Wildman–Crippen MR) is 75.0 cm³/mol. The second kappa shape index (κ2) is 9.82. The SMILES string of the molecule is O=C(O)CCCCCCCCCCN1CCCC1=O. The van der Waals surface area contributed by atoms with E-state index in [-0.39, 0.29) is 0 Å². The van der Waals surface area contributed by atoms with Crippen molar-refractivity contribution in [3.63, 3.8) is 0 Å². The van der Waals surface area contributed by atoms with Gasteiger partial charge in [0.05, 0.1) is 0 Å². The number of carbonyl (C=O) groups is 2. The number of carboxylic acid groups (broad SMARTS) is 1. The number of unbranched alkanes of at least 4 members (excludes halogenated alkanes) is 7. The highest BCUT2D eigenvalue weighted by Gasteiger charge is 2.18. The molecule has 1 aliphatic rings. The number of hydrogen-bond donors (Lipinski definition) is 1. The molecule has 1 aliphatic heterocycles. The highest BCUT2D eigenvalue weighted by molar-refractivity contribution is 5.77. The van der Waals surface area contributed by atoms with Crippen molar-refractivity contribution >= 4 is 11.9 Å². The molecule has 0 aromatic rings. The Kier molecular flexibility index (Phi) is 8.26. The maximum Gasteiger partial charge on any atom is 0.303 e. The van der Waals surface area contributed by atoms with Gasteiger partial charge in [-0.1, -0.05) is 38.5 Å². The summed E-state index contributed by atoms with van der Waals surface area (Å²) in [6.45, 7) is 1.90. The van der Waals surface area contributed by atoms with E-state index in [4.69, 9.17) is 5.11 Å². The summed E-state index contributed by atoms with van der Waals surface area (Å²) in [6, 6.07) is 0. The van der Waals surface area contributed by atoms with E-state index in [2.05, 4.69) is 0 Å². The van der Waals surface area contributed by atoms with Gasteiger partial charge < -0.3 is 10.0 Å². The molecule has 1 amide bonds. The quantitative estimate of drug-likeness (QED) is 0.586. The van der Waals surface area contributed by atoms with Gasteiger partial charge >= 0.3 is 5.97 Å². The molecule has 0 aromatic carbocycles. The van der Waals surface area contributed by atoms with Gasteiger partial charge in [-0.15, -0.1) is 0 Å². The summed E-state index contributed by atoms with van der Waals surface area (Å²) in [5.74, 6) is -0.352. The predicted octanol–water partition coefficient (Wildman–Crippen LogP) is 3.20. The van der Waals surface area contributed by atoms with Crippen LogP contribution in [0.3, 0.4) is 0 Å². The molecule has 1 N–H and O–H groups in total. The molecule has 110 valence electrons. The van der Waals surface area contributed by atoms with Gasteiger partial charge in [0, 0.05) is 25.9 Å². The Morgan fingerprint density at radius 2 is 1.58 bits per heavy atom. The van der Waals surface area contributed by atoms with Crippen molar-refractivity contribution in [3.8, 4) is 0 Å². The summed E-state index contributed by atoms with van der Waals surface area (Å²) in [5.41, 5.74) is 0. The molecule has 0 saturated carbocycles. The Balaban J connectivity index is 1.78. The largest absolute Gasteiger partial charge is 0.481 e. The summed E-state index contributed by atoms with van der Waals surface area (Å²) >= 11 is 0. The molecule has 0 radical (unpaired) electrons. The van der Waals surface area contributed by atoms with Gasteiger partial charge in [-0.2, -0.15) is 0 Å². The van der Waals surface area contributed by atoms with Crippen LogP contribution in [-0.2, 0) is 9.59 Å². The monoisotopic (exact) mass is 269 g/mol. The van der Waals surface area contributed by atoms with E-state index in [1.54, 1.807) is 0 Å². The summed E-state index contributed by atoms with van der Waals surface area (Å²) in [4.78, 5) is 23.7. The van der Waals surface area contributed by atoms with Gasteiger partial charge in [0.2, 0.25) is 5.91 Å². The first-order valence-corrected chi connectivity index (χ1v) is 7.70. The number of likely N-dealkylation sites (tertiary alicyclic amines) is 1. The van der Waals surface area contributed by atoms with Crippen molar-refractivity contribution in [2.75, 3.05) is 13.1 Å². The molecule has 0 atom stereocenters. The molecule has 0 unspecified atom stereocenters. The van der Waals surface area contributed by atoms with Crippen molar-refractivity contribution < 1.29 is 14.7 Å². The topological polar surface area (TPSA) is 57.6 Å². The van der Waals surface area contributed by atoms with E-state index in [9.17, 15) is 9.59 Å². The molecular weight excluding hydrogens is 242 g/mol. The molecule has 0 bridgehead atoms. The molecular formula is C15H27NO3. The second-order valence-electron chi connectivity index (χ2n) is 5.46. The van der Waals surface area contributed by atoms with Gasteiger partial charge in [0.15, 0.2) is 0 Å². The van der Waals surface area contributed by atoms with Crippen LogP contribution in [0.5, 0.6) is 0 Å². The first kappa shape index (κ1) is 16.0. The van der Waals surface area contributed by atoms with E-state index in [0.717, 1.165) is 51.6 Å². The number of amides is 1. The standard InChI is InChI=1S/C15H27NO3/c17-14-10-9-13-16(14)12-8-6-4-2-1-3-5-7-11-15(18)19/h1-13H2,(H,18,19). The Bertz CT molecular complexity index is 279. The van der Waals surface area contributed by atoms with Crippen molar-refractivity contribution in [2.24, 2.45) is 0 Å². The third-order valence-electron chi connectivity index (χ3n) is 3.74. The highest BCUT2D eigenvalue weighted by Crippen LogP contribution is 2.13. The van der Waals surface area contributed by atoms with Crippen LogP contribution >= 0.6 is 0 Å². The van der Waals surface area contributed by atoms with Crippen LogP contribution < -0.4 is 0 Å². The maximum absolute atomic E-state index is 11.4. The van der Waals surface area contributed by atoms with E-state index < -0.39 is 5.97 Å². The zero-order valence-corrected chi connectivity index (χ0v) is 11.9. The normalized spacial score (nSPS) is 15.2. The van der Waals surface area contributed by atoms with Crippen LogP contribution in [0.1, 0.15) is 70.6 Å². The third kappa shape index (κ3) is 7.85. The zero-order valence-electron chi connectivity index (χ0n) is 11.9. The number of carbonyl (C=O) groups excluding carboxylic acids is 1. The molecule has 0 aromatic heterocycles. The van der Waals surface area contributed by atoms with Gasteiger partial charge in [0.25, 0.3) is 0 Å². The Labute approximate surface area is 116 Å². The van der Waals surface area contributed by atoms with Crippen molar-refractivity contribution in [1.82, 2.24) is 4.90 Å². The van der Waals surface area contributed by atoms with Crippen LogP contribution in [0, 0.1) is 0 Å². The minimum Gasteiger partial charge on any atom is -0.481 e. The number of carboxylic acids is 1. The minimum absolute atomic E-state index is 0.309. The molecule has 1 heterocycles. The summed E-state index contributed by atoms with van der Waals surface area (Å²) < 4.78 is 0. The van der Waals surface area contributed by atoms with Crippen LogP contribution in [0.25, 0.3) is 0 Å². The number of hydrogen-bond acceptors (Lipinski definition) is 2. The Hall–Kier alpha value is -1.06. The fourth-order valence-corrected chi connectivity index (χ4v) is 2.58. The molecule has 0 aliphatic carbocycles. The van der Waals surface area contributed by atoms with Crippen LogP contribution in [0.2, 0.25) is 0 Å². The number of rotatable bonds is 11. The summed E-state index contributed by atoms with van der Waals surface area (Å²) in [7, 11) is 0. The van der Waals surface area contributed by atoms with Crippen LogP contribution in [-0.4, -0.2) is 35.0 Å². The van der Waals surface area contributed by atoms with E-state index >= 15 is 0 Å². The lowest BCUT2D eigenvalue weighted by molar-refractivity contribution is -0.137. The highest BCUT2D eigenvalue weighted by atomic mass is 16.4. The van der Waals surface area contributed by atoms with Gasteiger partial charge in [-0.05, 0) is 19.3 Å². The van der Waals surface area contributed by atoms with Gasteiger partial charge in [-0.25, -0.2) is 0 Å². The maximum atomic E-state index is 11.4. The lowest BCUT2D eigenvalue weighted by Gasteiger charge is -2.14. The first-order chi connectivity index (χ1) is 9.20. The molecule has 1 fully saturated rings. The zero-order chi connectivity index (χ0) is 13.9. The lowest BCUT2D eigenvalue weighted by atomic mass is 10.1. The smallest absolute Gasteiger partial charge is 0.303 e.